The number of aromatic nitrogens is 2. The molecule has 6 nitrogen and oxygen atoms in total. The molecule has 0 amide bonds. The number of hydrogen-bond acceptors (Lipinski definition) is 6. The standard InChI is InChI=1S/C24H27N5O/c25-14-20-13-19(17-29-21(20)15-26)16-27-11-8-23(22-5-1-4-10-28-22)9-12-30-24(18-23)6-2-3-7-24/h1,4-5,10,13,17,27H,2-3,6-9,11-12,16,18H2. The van der Waals surface area contributed by atoms with Crippen molar-refractivity contribution >= 4 is 0 Å². The van der Waals surface area contributed by atoms with E-state index in [0.717, 1.165) is 50.8 Å². The van der Waals surface area contributed by atoms with Crippen LogP contribution in [-0.4, -0.2) is 28.7 Å². The smallest absolute Gasteiger partial charge is 0.158 e. The minimum atomic E-state index is 0.0223. The highest BCUT2D eigenvalue weighted by molar-refractivity contribution is 5.42. The highest BCUT2D eigenvalue weighted by Gasteiger charge is 2.48. The van der Waals surface area contributed by atoms with Crippen molar-refractivity contribution in [2.24, 2.45) is 0 Å². The number of hydrogen-bond donors (Lipinski definition) is 1. The average Bonchev–Trinajstić information content (AvgIpc) is 3.24. The van der Waals surface area contributed by atoms with Crippen LogP contribution in [0.3, 0.4) is 0 Å². The zero-order valence-corrected chi connectivity index (χ0v) is 17.2. The maximum Gasteiger partial charge on any atom is 0.158 e. The molecule has 30 heavy (non-hydrogen) atoms. The third-order valence-corrected chi connectivity index (χ3v) is 6.65. The third kappa shape index (κ3) is 4.21. The Morgan fingerprint density at radius 3 is 2.70 bits per heavy atom. The Balaban J connectivity index is 1.45. The van der Waals surface area contributed by atoms with E-state index in [9.17, 15) is 5.26 Å². The fourth-order valence-electron chi connectivity index (χ4n) is 5.14. The van der Waals surface area contributed by atoms with Gasteiger partial charge in [0.1, 0.15) is 12.1 Å². The Morgan fingerprint density at radius 2 is 1.97 bits per heavy atom. The van der Waals surface area contributed by atoms with Crippen LogP contribution in [0.5, 0.6) is 0 Å². The molecule has 3 heterocycles. The summed E-state index contributed by atoms with van der Waals surface area (Å²) in [7, 11) is 0. The molecule has 154 valence electrons. The quantitative estimate of drug-likeness (QED) is 0.741. The molecule has 2 aromatic rings. The monoisotopic (exact) mass is 401 g/mol. The van der Waals surface area contributed by atoms with Gasteiger partial charge < -0.3 is 10.1 Å². The molecule has 1 saturated carbocycles. The first kappa shape index (κ1) is 20.5. The van der Waals surface area contributed by atoms with Crippen LogP contribution >= 0.6 is 0 Å². The maximum atomic E-state index is 9.20. The number of pyridine rings is 2. The first-order valence-corrected chi connectivity index (χ1v) is 10.7. The Morgan fingerprint density at radius 1 is 1.10 bits per heavy atom. The van der Waals surface area contributed by atoms with Crippen LogP contribution < -0.4 is 5.32 Å². The molecule has 2 fully saturated rings. The van der Waals surface area contributed by atoms with Gasteiger partial charge in [0.15, 0.2) is 5.69 Å². The molecule has 1 aliphatic carbocycles. The fourth-order valence-corrected chi connectivity index (χ4v) is 5.14. The van der Waals surface area contributed by atoms with Gasteiger partial charge in [0.05, 0.1) is 11.2 Å². The van der Waals surface area contributed by atoms with E-state index >= 15 is 0 Å². The second-order valence-electron chi connectivity index (χ2n) is 8.55. The first-order valence-electron chi connectivity index (χ1n) is 10.7. The summed E-state index contributed by atoms with van der Waals surface area (Å²) in [5.74, 6) is 0. The molecule has 0 bridgehead atoms. The molecule has 0 radical (unpaired) electrons. The van der Waals surface area contributed by atoms with Gasteiger partial charge in [-0.2, -0.15) is 10.5 Å². The number of nitrogens with one attached hydrogen (secondary N) is 1. The van der Waals surface area contributed by atoms with E-state index in [0.29, 0.717) is 12.1 Å². The van der Waals surface area contributed by atoms with Crippen LogP contribution in [0, 0.1) is 22.7 Å². The topological polar surface area (TPSA) is 94.6 Å². The summed E-state index contributed by atoms with van der Waals surface area (Å²) in [4.78, 5) is 8.84. The maximum absolute atomic E-state index is 9.20. The summed E-state index contributed by atoms with van der Waals surface area (Å²) < 4.78 is 6.31. The van der Waals surface area contributed by atoms with Crippen molar-refractivity contribution in [2.75, 3.05) is 13.2 Å². The van der Waals surface area contributed by atoms with Gasteiger partial charge in [-0.3, -0.25) is 4.98 Å². The van der Waals surface area contributed by atoms with E-state index in [4.69, 9.17) is 15.0 Å². The summed E-state index contributed by atoms with van der Waals surface area (Å²) in [6.07, 6.45) is 11.4. The van der Waals surface area contributed by atoms with Crippen LogP contribution in [0.15, 0.2) is 36.7 Å². The van der Waals surface area contributed by atoms with Gasteiger partial charge in [0, 0.05) is 36.7 Å². The van der Waals surface area contributed by atoms with Crippen LogP contribution in [0.1, 0.15) is 67.5 Å². The van der Waals surface area contributed by atoms with Crippen LogP contribution in [0.4, 0.5) is 0 Å². The van der Waals surface area contributed by atoms with Crippen LogP contribution in [0.25, 0.3) is 0 Å². The minimum Gasteiger partial charge on any atom is -0.375 e. The van der Waals surface area contributed by atoms with Gasteiger partial charge in [0.25, 0.3) is 0 Å². The van der Waals surface area contributed by atoms with E-state index < -0.39 is 0 Å². The summed E-state index contributed by atoms with van der Waals surface area (Å²) >= 11 is 0. The zero-order chi connectivity index (χ0) is 20.9. The normalized spacial score (nSPS) is 22.5. The number of rotatable bonds is 6. The lowest BCUT2D eigenvalue weighted by molar-refractivity contribution is -0.104. The summed E-state index contributed by atoms with van der Waals surface area (Å²) in [5, 5.41) is 21.7. The van der Waals surface area contributed by atoms with Crippen LogP contribution in [0.2, 0.25) is 0 Å². The lowest BCUT2D eigenvalue weighted by atomic mass is 9.68. The van der Waals surface area contributed by atoms with Gasteiger partial charge in [-0.1, -0.05) is 18.9 Å². The predicted molar refractivity (Wildman–Crippen MR) is 112 cm³/mol. The molecule has 6 heteroatoms. The average molecular weight is 402 g/mol. The van der Waals surface area contributed by atoms with Crippen molar-refractivity contribution in [1.29, 1.82) is 10.5 Å². The second kappa shape index (κ2) is 8.92. The molecule has 1 aliphatic heterocycles. The van der Waals surface area contributed by atoms with Crippen molar-refractivity contribution in [1.82, 2.24) is 15.3 Å². The number of ether oxygens (including phenoxy) is 1. The number of nitriles is 2. The molecule has 2 aromatic heterocycles. The predicted octanol–water partition coefficient (Wildman–Crippen LogP) is 3.76. The summed E-state index contributed by atoms with van der Waals surface area (Å²) in [6, 6.07) is 12.0. The lowest BCUT2D eigenvalue weighted by Crippen LogP contribution is -2.47. The Bertz CT molecular complexity index is 956. The van der Waals surface area contributed by atoms with E-state index in [1.54, 1.807) is 12.3 Å². The lowest BCUT2D eigenvalue weighted by Gasteiger charge is -2.46. The van der Waals surface area contributed by atoms with Crippen LogP contribution in [-0.2, 0) is 16.7 Å². The SMILES string of the molecule is N#Cc1cc(CNCCC2(c3ccccn3)CCOC3(CCCC3)C2)cnc1C#N. The fraction of sp³-hybridized carbons (Fsp3) is 0.500. The van der Waals surface area contributed by atoms with Crippen molar-refractivity contribution < 1.29 is 4.74 Å². The summed E-state index contributed by atoms with van der Waals surface area (Å²) in [6.45, 7) is 2.25. The number of nitrogens with zero attached hydrogens (tertiary/aromatic N) is 4. The molecule has 1 spiro atoms. The minimum absolute atomic E-state index is 0.0223. The second-order valence-corrected chi connectivity index (χ2v) is 8.55. The third-order valence-electron chi connectivity index (χ3n) is 6.65. The van der Waals surface area contributed by atoms with E-state index in [-0.39, 0.29) is 16.7 Å². The van der Waals surface area contributed by atoms with Crippen molar-refractivity contribution in [3.8, 4) is 12.1 Å². The van der Waals surface area contributed by atoms with Gasteiger partial charge in [-0.25, -0.2) is 4.98 Å². The summed E-state index contributed by atoms with van der Waals surface area (Å²) in [5.41, 5.74) is 2.64. The van der Waals surface area contributed by atoms with Crippen molar-refractivity contribution in [3.05, 3.63) is 59.2 Å². The Kier molecular flexibility index (Phi) is 6.08. The largest absolute Gasteiger partial charge is 0.375 e. The molecule has 1 N–H and O–H groups in total. The molecule has 1 atom stereocenters. The van der Waals surface area contributed by atoms with Crippen molar-refractivity contribution in [3.63, 3.8) is 0 Å². The molecule has 0 aromatic carbocycles. The Hall–Kier alpha value is -2.80. The zero-order valence-electron chi connectivity index (χ0n) is 17.2. The van der Waals surface area contributed by atoms with Gasteiger partial charge in [-0.05, 0) is 62.4 Å². The van der Waals surface area contributed by atoms with E-state index in [2.05, 4.69) is 22.4 Å². The van der Waals surface area contributed by atoms with Gasteiger partial charge in [0.2, 0.25) is 0 Å². The molecular weight excluding hydrogens is 374 g/mol. The molecule has 1 saturated heterocycles. The molecular formula is C24H27N5O. The molecule has 1 unspecified atom stereocenters. The highest BCUT2D eigenvalue weighted by atomic mass is 16.5. The van der Waals surface area contributed by atoms with Gasteiger partial charge >= 0.3 is 0 Å². The Labute approximate surface area is 177 Å². The van der Waals surface area contributed by atoms with Gasteiger partial charge in [-0.15, -0.1) is 0 Å². The molecule has 4 rings (SSSR count). The van der Waals surface area contributed by atoms with E-state index in [1.807, 2.05) is 24.4 Å². The van der Waals surface area contributed by atoms with E-state index in [1.165, 1.54) is 18.5 Å². The first-order chi connectivity index (χ1) is 14.7. The highest BCUT2D eigenvalue weighted by Crippen LogP contribution is 2.49. The molecule has 2 aliphatic rings. The van der Waals surface area contributed by atoms with Crippen molar-refractivity contribution in [2.45, 2.75) is 62.5 Å².